The quantitative estimate of drug-likeness (QED) is 0.636. The summed E-state index contributed by atoms with van der Waals surface area (Å²) < 4.78 is 0. The largest absolute Gasteiger partial charge is 0.478 e. The molecule has 1 heterocycles. The highest BCUT2D eigenvalue weighted by Crippen LogP contribution is 2.13. The maximum absolute atomic E-state index is 10.3. The van der Waals surface area contributed by atoms with E-state index in [1.54, 1.807) is 0 Å². The fraction of sp³-hybridized carbons (Fsp3) is 0.667. The van der Waals surface area contributed by atoms with Crippen molar-refractivity contribution in [1.29, 1.82) is 0 Å². The van der Waals surface area contributed by atoms with Crippen LogP contribution in [0.15, 0.2) is 11.8 Å². The number of allylic oxidation sites excluding steroid dienone is 1. The Balaban J connectivity index is 2.49. The highest BCUT2D eigenvalue weighted by Gasteiger charge is 2.10. The number of hydrogen-bond acceptors (Lipinski definition) is 2. The zero-order valence-electron chi connectivity index (χ0n) is 7.42. The molecule has 0 atom stereocenters. The summed E-state index contributed by atoms with van der Waals surface area (Å²) in [4.78, 5) is 12.5. The first-order valence-corrected chi connectivity index (χ1v) is 4.36. The smallest absolute Gasteiger partial charge is 0.330 e. The van der Waals surface area contributed by atoms with Crippen LogP contribution in [0.5, 0.6) is 0 Å². The first kappa shape index (κ1) is 9.10. The van der Waals surface area contributed by atoms with E-state index in [4.69, 9.17) is 5.11 Å². The van der Waals surface area contributed by atoms with Crippen molar-refractivity contribution < 1.29 is 9.90 Å². The Morgan fingerprint density at radius 1 is 1.33 bits per heavy atom. The van der Waals surface area contributed by atoms with Crippen LogP contribution in [-0.2, 0) is 4.79 Å². The van der Waals surface area contributed by atoms with Gasteiger partial charge in [0.2, 0.25) is 0 Å². The van der Waals surface area contributed by atoms with Crippen LogP contribution in [-0.4, -0.2) is 29.1 Å². The summed E-state index contributed by atoms with van der Waals surface area (Å²) in [6.45, 7) is 3.88. The molecule has 0 aromatic heterocycles. The molecule has 1 aliphatic heterocycles. The van der Waals surface area contributed by atoms with Crippen LogP contribution in [0.25, 0.3) is 0 Å². The van der Waals surface area contributed by atoms with Crippen molar-refractivity contribution in [3.63, 3.8) is 0 Å². The number of nitrogens with zero attached hydrogens (tertiary/aromatic N) is 1. The Kier molecular flexibility index (Phi) is 3.14. The van der Waals surface area contributed by atoms with Crippen LogP contribution in [0.4, 0.5) is 0 Å². The molecule has 0 aliphatic carbocycles. The summed E-state index contributed by atoms with van der Waals surface area (Å²) in [5.41, 5.74) is 0.877. The van der Waals surface area contributed by atoms with E-state index in [0.717, 1.165) is 18.8 Å². The molecule has 3 nitrogen and oxygen atoms in total. The summed E-state index contributed by atoms with van der Waals surface area (Å²) in [6.07, 6.45) is 4.93. The van der Waals surface area contributed by atoms with Gasteiger partial charge in [-0.1, -0.05) is 0 Å². The molecule has 1 saturated heterocycles. The van der Waals surface area contributed by atoms with E-state index in [1.807, 2.05) is 6.92 Å². The molecule has 0 spiro atoms. The van der Waals surface area contributed by atoms with E-state index in [2.05, 4.69) is 4.90 Å². The Labute approximate surface area is 72.7 Å². The van der Waals surface area contributed by atoms with Gasteiger partial charge in [0.05, 0.1) is 0 Å². The number of carboxylic acid groups (broad SMARTS) is 1. The van der Waals surface area contributed by atoms with Crippen LogP contribution >= 0.6 is 0 Å². The van der Waals surface area contributed by atoms with Crippen LogP contribution in [0.1, 0.15) is 26.2 Å². The molecule has 1 aliphatic rings. The topological polar surface area (TPSA) is 40.5 Å². The molecule has 0 saturated carbocycles. The van der Waals surface area contributed by atoms with E-state index in [-0.39, 0.29) is 0 Å². The number of rotatable bonds is 2. The van der Waals surface area contributed by atoms with Gasteiger partial charge in [0.15, 0.2) is 0 Å². The second-order valence-electron chi connectivity index (χ2n) is 3.17. The summed E-state index contributed by atoms with van der Waals surface area (Å²) in [7, 11) is 0. The fourth-order valence-electron chi connectivity index (χ4n) is 1.52. The van der Waals surface area contributed by atoms with Gasteiger partial charge >= 0.3 is 5.97 Å². The predicted molar refractivity (Wildman–Crippen MR) is 46.8 cm³/mol. The van der Waals surface area contributed by atoms with Crippen molar-refractivity contribution in [2.75, 3.05) is 13.1 Å². The molecular formula is C9H15NO2. The molecule has 0 bridgehead atoms. The van der Waals surface area contributed by atoms with E-state index in [0.29, 0.717) is 0 Å². The lowest BCUT2D eigenvalue weighted by atomic mass is 10.1. The van der Waals surface area contributed by atoms with Crippen LogP contribution in [0, 0.1) is 0 Å². The molecule has 0 unspecified atom stereocenters. The number of aliphatic carboxylic acids is 1. The van der Waals surface area contributed by atoms with Crippen molar-refractivity contribution >= 4 is 5.97 Å². The van der Waals surface area contributed by atoms with Gasteiger partial charge in [-0.25, -0.2) is 4.79 Å². The Hall–Kier alpha value is -0.990. The second-order valence-corrected chi connectivity index (χ2v) is 3.17. The minimum Gasteiger partial charge on any atom is -0.478 e. The van der Waals surface area contributed by atoms with Gasteiger partial charge in [-0.15, -0.1) is 0 Å². The van der Waals surface area contributed by atoms with Gasteiger partial charge in [0.25, 0.3) is 0 Å². The third kappa shape index (κ3) is 2.57. The Bertz CT molecular complexity index is 193. The van der Waals surface area contributed by atoms with Crippen LogP contribution < -0.4 is 0 Å². The Morgan fingerprint density at radius 2 is 1.92 bits per heavy atom. The summed E-state index contributed by atoms with van der Waals surface area (Å²) in [5.74, 6) is -0.849. The van der Waals surface area contributed by atoms with Crippen LogP contribution in [0.2, 0.25) is 0 Å². The minimum atomic E-state index is -0.849. The number of carboxylic acids is 1. The molecule has 0 amide bonds. The highest BCUT2D eigenvalue weighted by molar-refractivity contribution is 5.80. The molecule has 0 aromatic carbocycles. The van der Waals surface area contributed by atoms with Crippen molar-refractivity contribution in [2.24, 2.45) is 0 Å². The first-order valence-electron chi connectivity index (χ1n) is 4.36. The molecule has 1 rings (SSSR count). The second kappa shape index (κ2) is 4.14. The van der Waals surface area contributed by atoms with Crippen molar-refractivity contribution in [2.45, 2.75) is 26.2 Å². The molecule has 3 heteroatoms. The van der Waals surface area contributed by atoms with E-state index >= 15 is 0 Å². The summed E-state index contributed by atoms with van der Waals surface area (Å²) >= 11 is 0. The van der Waals surface area contributed by atoms with E-state index in [1.165, 1.54) is 25.3 Å². The highest BCUT2D eigenvalue weighted by atomic mass is 16.4. The lowest BCUT2D eigenvalue weighted by Crippen LogP contribution is -2.28. The monoisotopic (exact) mass is 169 g/mol. The van der Waals surface area contributed by atoms with Gasteiger partial charge in [-0.05, 0) is 26.2 Å². The first-order chi connectivity index (χ1) is 5.70. The maximum atomic E-state index is 10.3. The number of hydrogen-bond donors (Lipinski definition) is 1. The van der Waals surface area contributed by atoms with Gasteiger partial charge < -0.3 is 10.0 Å². The normalized spacial score (nSPS) is 19.4. The number of piperidine rings is 1. The molecule has 0 radical (unpaired) electrons. The van der Waals surface area contributed by atoms with Crippen molar-refractivity contribution in [3.8, 4) is 0 Å². The fourth-order valence-corrected chi connectivity index (χ4v) is 1.52. The van der Waals surface area contributed by atoms with Gasteiger partial charge in [0, 0.05) is 24.9 Å². The van der Waals surface area contributed by atoms with Crippen LogP contribution in [0.3, 0.4) is 0 Å². The van der Waals surface area contributed by atoms with E-state index in [9.17, 15) is 4.79 Å². The maximum Gasteiger partial charge on any atom is 0.330 e. The summed E-state index contributed by atoms with van der Waals surface area (Å²) in [5, 5.41) is 8.51. The molecule has 1 fully saturated rings. The standard InChI is InChI=1S/C9H15NO2/c1-8(7-9(11)12)10-5-3-2-4-6-10/h7H,2-6H2,1H3,(H,11,12). The number of likely N-dealkylation sites (tertiary alicyclic amines) is 1. The average molecular weight is 169 g/mol. The van der Waals surface area contributed by atoms with Gasteiger partial charge in [-0.2, -0.15) is 0 Å². The Morgan fingerprint density at radius 3 is 2.42 bits per heavy atom. The van der Waals surface area contributed by atoms with Gasteiger partial charge in [0.1, 0.15) is 0 Å². The zero-order valence-corrected chi connectivity index (χ0v) is 7.42. The molecular weight excluding hydrogens is 154 g/mol. The molecule has 68 valence electrons. The minimum absolute atomic E-state index is 0.849. The molecule has 12 heavy (non-hydrogen) atoms. The third-order valence-electron chi connectivity index (χ3n) is 2.19. The lowest BCUT2D eigenvalue weighted by molar-refractivity contribution is -0.131. The number of carbonyl (C=O) groups is 1. The third-order valence-corrected chi connectivity index (χ3v) is 2.19. The molecule has 0 aromatic rings. The summed E-state index contributed by atoms with van der Waals surface area (Å²) in [6, 6.07) is 0. The van der Waals surface area contributed by atoms with Gasteiger partial charge in [-0.3, -0.25) is 0 Å². The zero-order chi connectivity index (χ0) is 8.97. The lowest BCUT2D eigenvalue weighted by Gasteiger charge is -2.28. The van der Waals surface area contributed by atoms with Crippen molar-refractivity contribution in [1.82, 2.24) is 4.90 Å². The SMILES string of the molecule is CC(=CC(=O)O)N1CCCCC1. The average Bonchev–Trinajstić information content (AvgIpc) is 2.05. The predicted octanol–water partition coefficient (Wildman–Crippen LogP) is 1.46. The molecule has 1 N–H and O–H groups in total. The van der Waals surface area contributed by atoms with Crippen molar-refractivity contribution in [3.05, 3.63) is 11.8 Å². The van der Waals surface area contributed by atoms with E-state index < -0.39 is 5.97 Å².